The minimum atomic E-state index is -2.54. The van der Waals surface area contributed by atoms with E-state index in [0.717, 1.165) is 5.56 Å². The summed E-state index contributed by atoms with van der Waals surface area (Å²) in [6.07, 6.45) is 0.695. The maximum absolute atomic E-state index is 13.3. The highest BCUT2D eigenvalue weighted by Crippen LogP contribution is 2.64. The highest BCUT2D eigenvalue weighted by atomic mass is 19.3. The lowest BCUT2D eigenvalue weighted by molar-refractivity contribution is -0.383. The molecule has 0 saturated heterocycles. The standard InChI is InChI=1S/C17H17F2N3O3/c1-8-16(9(2)25-21-8)10-3-4-14(15(5-10)22(23)24)20-11-6-12-13(7-11)17(12,18)19/h3-5,11-13,20H,6-7H2,1-2H3. The van der Waals surface area contributed by atoms with E-state index < -0.39 is 22.7 Å². The quantitative estimate of drug-likeness (QED) is 0.656. The zero-order chi connectivity index (χ0) is 17.9. The second kappa shape index (κ2) is 5.24. The van der Waals surface area contributed by atoms with Gasteiger partial charge in [-0.25, -0.2) is 8.78 Å². The van der Waals surface area contributed by atoms with Gasteiger partial charge >= 0.3 is 0 Å². The SMILES string of the molecule is Cc1noc(C)c1-c1ccc(NC2CC3C(C2)C3(F)F)c([N+](=O)[O-])c1. The third-order valence-electron chi connectivity index (χ3n) is 5.32. The van der Waals surface area contributed by atoms with E-state index in [2.05, 4.69) is 10.5 Å². The van der Waals surface area contributed by atoms with Crippen molar-refractivity contribution in [2.45, 2.75) is 38.7 Å². The molecule has 2 aliphatic rings. The molecule has 1 aromatic carbocycles. The van der Waals surface area contributed by atoms with Crippen LogP contribution in [0, 0.1) is 35.8 Å². The molecule has 6 nitrogen and oxygen atoms in total. The molecule has 2 saturated carbocycles. The van der Waals surface area contributed by atoms with Crippen LogP contribution >= 0.6 is 0 Å². The number of fused-ring (bicyclic) bond motifs is 1. The predicted octanol–water partition coefficient (Wildman–Crippen LogP) is 4.32. The highest BCUT2D eigenvalue weighted by molar-refractivity contribution is 5.75. The summed E-state index contributed by atoms with van der Waals surface area (Å²) in [4.78, 5) is 11.0. The minimum Gasteiger partial charge on any atom is -0.377 e. The highest BCUT2D eigenvalue weighted by Gasteiger charge is 2.71. The van der Waals surface area contributed by atoms with Crippen molar-refractivity contribution in [1.82, 2.24) is 5.16 Å². The predicted molar refractivity (Wildman–Crippen MR) is 86.6 cm³/mol. The van der Waals surface area contributed by atoms with Crippen LogP contribution in [0.15, 0.2) is 22.7 Å². The fourth-order valence-electron chi connectivity index (χ4n) is 4.01. The Morgan fingerprint density at radius 3 is 2.56 bits per heavy atom. The molecule has 1 N–H and O–H groups in total. The number of aryl methyl sites for hydroxylation is 2. The van der Waals surface area contributed by atoms with Crippen molar-refractivity contribution in [1.29, 1.82) is 0 Å². The molecule has 2 aliphatic carbocycles. The summed E-state index contributed by atoms with van der Waals surface area (Å²) in [5, 5.41) is 18.4. The average Bonchev–Trinajstić information content (AvgIpc) is 2.91. The Morgan fingerprint density at radius 2 is 2.00 bits per heavy atom. The molecule has 0 aliphatic heterocycles. The normalized spacial score (nSPS) is 26.3. The molecule has 8 heteroatoms. The number of nitro benzene ring substituents is 1. The number of halogens is 2. The fraction of sp³-hybridized carbons (Fsp3) is 0.471. The zero-order valence-electron chi connectivity index (χ0n) is 13.8. The maximum Gasteiger partial charge on any atom is 0.292 e. The number of hydrogen-bond acceptors (Lipinski definition) is 5. The Hall–Kier alpha value is -2.51. The summed E-state index contributed by atoms with van der Waals surface area (Å²) in [5.41, 5.74) is 2.32. The molecular weight excluding hydrogens is 332 g/mol. The summed E-state index contributed by atoms with van der Waals surface area (Å²) in [6, 6.07) is 4.70. The lowest BCUT2D eigenvalue weighted by Crippen LogP contribution is -2.21. The summed E-state index contributed by atoms with van der Waals surface area (Å²) >= 11 is 0. The van der Waals surface area contributed by atoms with Crippen LogP contribution in [0.2, 0.25) is 0 Å². The van der Waals surface area contributed by atoms with Gasteiger partial charge in [0.05, 0.1) is 10.6 Å². The van der Waals surface area contributed by atoms with Gasteiger partial charge in [-0.2, -0.15) is 0 Å². The molecule has 0 spiro atoms. The second-order valence-electron chi connectivity index (χ2n) is 6.89. The van der Waals surface area contributed by atoms with E-state index in [-0.39, 0.29) is 11.7 Å². The zero-order valence-corrected chi connectivity index (χ0v) is 13.8. The molecular formula is C17H17F2N3O3. The van der Waals surface area contributed by atoms with E-state index in [1.54, 1.807) is 26.0 Å². The van der Waals surface area contributed by atoms with Gasteiger partial charge in [-0.3, -0.25) is 10.1 Å². The van der Waals surface area contributed by atoms with Gasteiger partial charge in [0.15, 0.2) is 0 Å². The van der Waals surface area contributed by atoms with Crippen LogP contribution in [-0.4, -0.2) is 22.0 Å². The molecule has 2 aromatic rings. The third-order valence-corrected chi connectivity index (χ3v) is 5.32. The number of alkyl halides is 2. The number of benzene rings is 1. The average molecular weight is 349 g/mol. The summed E-state index contributed by atoms with van der Waals surface area (Å²) in [7, 11) is 0. The Kier molecular flexibility index (Phi) is 3.35. The van der Waals surface area contributed by atoms with Crippen molar-refractivity contribution >= 4 is 11.4 Å². The van der Waals surface area contributed by atoms with Crippen molar-refractivity contribution in [2.24, 2.45) is 11.8 Å². The molecule has 0 radical (unpaired) electrons. The van der Waals surface area contributed by atoms with Gasteiger partial charge in [-0.15, -0.1) is 0 Å². The molecule has 2 unspecified atom stereocenters. The molecule has 25 heavy (non-hydrogen) atoms. The lowest BCUT2D eigenvalue weighted by atomic mass is 10.0. The summed E-state index contributed by atoms with van der Waals surface area (Å²) < 4.78 is 31.7. The van der Waals surface area contributed by atoms with E-state index >= 15 is 0 Å². The van der Waals surface area contributed by atoms with Crippen molar-refractivity contribution in [3.8, 4) is 11.1 Å². The number of nitrogens with zero attached hydrogens (tertiary/aromatic N) is 2. The van der Waals surface area contributed by atoms with Crippen LogP contribution in [-0.2, 0) is 0 Å². The second-order valence-corrected chi connectivity index (χ2v) is 6.89. The van der Waals surface area contributed by atoms with E-state index in [1.807, 2.05) is 0 Å². The van der Waals surface area contributed by atoms with Crippen LogP contribution in [0.1, 0.15) is 24.3 Å². The summed E-state index contributed by atoms with van der Waals surface area (Å²) in [6.45, 7) is 3.52. The fourth-order valence-corrected chi connectivity index (χ4v) is 4.01. The van der Waals surface area contributed by atoms with Gasteiger partial charge in [0, 0.05) is 29.5 Å². The summed E-state index contributed by atoms with van der Waals surface area (Å²) in [5.74, 6) is -3.11. The lowest BCUT2D eigenvalue weighted by Gasteiger charge is -2.17. The Bertz CT molecular complexity index is 831. The Labute approximate surface area is 142 Å². The topological polar surface area (TPSA) is 81.2 Å². The number of aromatic nitrogens is 1. The van der Waals surface area contributed by atoms with E-state index in [0.29, 0.717) is 35.5 Å². The van der Waals surface area contributed by atoms with Gasteiger partial charge in [0.25, 0.3) is 11.6 Å². The first-order valence-electron chi connectivity index (χ1n) is 8.15. The van der Waals surface area contributed by atoms with E-state index in [4.69, 9.17) is 4.52 Å². The van der Waals surface area contributed by atoms with Gasteiger partial charge in [0.1, 0.15) is 11.4 Å². The van der Waals surface area contributed by atoms with E-state index in [1.165, 1.54) is 6.07 Å². The van der Waals surface area contributed by atoms with Crippen molar-refractivity contribution in [2.75, 3.05) is 5.32 Å². The molecule has 4 rings (SSSR count). The third kappa shape index (κ3) is 2.47. The van der Waals surface area contributed by atoms with Crippen LogP contribution in [0.4, 0.5) is 20.2 Å². The van der Waals surface area contributed by atoms with Gasteiger partial charge < -0.3 is 9.84 Å². The molecule has 2 atom stereocenters. The monoisotopic (exact) mass is 349 g/mol. The van der Waals surface area contributed by atoms with Crippen molar-refractivity contribution in [3.63, 3.8) is 0 Å². The molecule has 1 heterocycles. The van der Waals surface area contributed by atoms with Crippen LogP contribution in [0.5, 0.6) is 0 Å². The number of anilines is 1. The minimum absolute atomic E-state index is 0.0789. The van der Waals surface area contributed by atoms with Crippen LogP contribution in [0.3, 0.4) is 0 Å². The maximum atomic E-state index is 13.3. The number of nitro groups is 1. The van der Waals surface area contributed by atoms with Gasteiger partial charge in [0.2, 0.25) is 0 Å². The largest absolute Gasteiger partial charge is 0.377 e. The Balaban J connectivity index is 1.60. The van der Waals surface area contributed by atoms with Crippen molar-refractivity contribution in [3.05, 3.63) is 39.8 Å². The first-order valence-corrected chi connectivity index (χ1v) is 8.15. The molecule has 2 fully saturated rings. The van der Waals surface area contributed by atoms with Crippen molar-refractivity contribution < 1.29 is 18.2 Å². The van der Waals surface area contributed by atoms with Crippen LogP contribution in [0.25, 0.3) is 11.1 Å². The van der Waals surface area contributed by atoms with Crippen LogP contribution < -0.4 is 5.32 Å². The smallest absolute Gasteiger partial charge is 0.292 e. The number of hydrogen-bond donors (Lipinski definition) is 1. The van der Waals surface area contributed by atoms with E-state index in [9.17, 15) is 18.9 Å². The molecule has 132 valence electrons. The van der Waals surface area contributed by atoms with Gasteiger partial charge in [-0.1, -0.05) is 11.2 Å². The molecule has 0 bridgehead atoms. The van der Waals surface area contributed by atoms with Gasteiger partial charge in [-0.05, 0) is 38.3 Å². The molecule has 1 aromatic heterocycles. The Morgan fingerprint density at radius 1 is 1.32 bits per heavy atom. The molecule has 0 amide bonds. The number of rotatable bonds is 4. The first-order chi connectivity index (χ1) is 11.8. The first kappa shape index (κ1) is 16.0. The number of nitrogens with one attached hydrogen (secondary N) is 1.